The summed E-state index contributed by atoms with van der Waals surface area (Å²) in [4.78, 5) is 12.5. The zero-order valence-corrected chi connectivity index (χ0v) is 15.8. The fraction of sp³-hybridized carbons (Fsp3) is 0.318. The molecule has 5 heteroatoms. The van der Waals surface area contributed by atoms with Crippen LogP contribution in [-0.2, 0) is 13.0 Å². The second-order valence-corrected chi connectivity index (χ2v) is 7.23. The molecule has 0 aliphatic carbocycles. The predicted molar refractivity (Wildman–Crippen MR) is 107 cm³/mol. The Morgan fingerprint density at radius 1 is 0.963 bits per heavy atom. The van der Waals surface area contributed by atoms with Crippen molar-refractivity contribution >= 4 is 11.6 Å². The zero-order valence-electron chi connectivity index (χ0n) is 15.8. The van der Waals surface area contributed by atoms with Gasteiger partial charge in [-0.25, -0.2) is 0 Å². The van der Waals surface area contributed by atoms with E-state index in [0.29, 0.717) is 5.56 Å². The van der Waals surface area contributed by atoms with Gasteiger partial charge in [-0.2, -0.15) is 0 Å². The van der Waals surface area contributed by atoms with Crippen molar-refractivity contribution in [1.82, 2.24) is 14.8 Å². The predicted octanol–water partition coefficient (Wildman–Crippen LogP) is 4.54. The number of amides is 1. The molecule has 0 spiro atoms. The molecule has 0 unspecified atom stereocenters. The Balaban J connectivity index is 1.52. The largest absolute Gasteiger partial charge is 0.322 e. The molecule has 2 aromatic carbocycles. The fourth-order valence-corrected chi connectivity index (χ4v) is 3.49. The van der Waals surface area contributed by atoms with Gasteiger partial charge < -0.3 is 9.88 Å². The van der Waals surface area contributed by atoms with Crippen LogP contribution in [0.3, 0.4) is 0 Å². The van der Waals surface area contributed by atoms with Gasteiger partial charge >= 0.3 is 0 Å². The summed E-state index contributed by atoms with van der Waals surface area (Å²) >= 11 is 0. The summed E-state index contributed by atoms with van der Waals surface area (Å²) in [6, 6.07) is 13.6. The Morgan fingerprint density at radius 2 is 1.78 bits per heavy atom. The molecular weight excluding hydrogens is 336 g/mol. The minimum absolute atomic E-state index is 0.0952. The lowest BCUT2D eigenvalue weighted by atomic mass is 10.1. The highest BCUT2D eigenvalue weighted by molar-refractivity contribution is 6.04. The zero-order chi connectivity index (χ0) is 18.8. The SMILES string of the molecule is Cc1ccc(C(=O)Nc2ccc(-c3nnc4n3CCCCC4)cc2)cc1C. The van der Waals surface area contributed by atoms with E-state index in [1.807, 2.05) is 56.3 Å². The number of carbonyl (C=O) groups is 1. The van der Waals surface area contributed by atoms with Crippen LogP contribution in [0.5, 0.6) is 0 Å². The molecule has 5 nitrogen and oxygen atoms in total. The molecular formula is C22H24N4O. The lowest BCUT2D eigenvalue weighted by molar-refractivity contribution is 0.102. The molecule has 27 heavy (non-hydrogen) atoms. The maximum absolute atomic E-state index is 12.5. The molecule has 1 aliphatic rings. The quantitative estimate of drug-likeness (QED) is 0.746. The number of nitrogens with zero attached hydrogens (tertiary/aromatic N) is 3. The normalized spacial score (nSPS) is 13.7. The number of aryl methyl sites for hydroxylation is 3. The van der Waals surface area contributed by atoms with Crippen LogP contribution in [-0.4, -0.2) is 20.7 Å². The summed E-state index contributed by atoms with van der Waals surface area (Å²) in [5.41, 5.74) is 4.77. The van der Waals surface area contributed by atoms with Gasteiger partial charge in [0.1, 0.15) is 5.82 Å². The number of hydrogen-bond donors (Lipinski definition) is 1. The van der Waals surface area contributed by atoms with Gasteiger partial charge in [-0.1, -0.05) is 12.5 Å². The van der Waals surface area contributed by atoms with Crippen LogP contribution < -0.4 is 5.32 Å². The molecule has 0 radical (unpaired) electrons. The number of hydrogen-bond acceptors (Lipinski definition) is 3. The van der Waals surface area contributed by atoms with Crippen molar-refractivity contribution in [3.63, 3.8) is 0 Å². The van der Waals surface area contributed by atoms with E-state index in [0.717, 1.165) is 41.4 Å². The molecule has 0 fully saturated rings. The molecule has 4 rings (SSSR count). The molecule has 1 aliphatic heterocycles. The Bertz CT molecular complexity index is 972. The van der Waals surface area contributed by atoms with Gasteiger partial charge in [0.15, 0.2) is 5.82 Å². The molecule has 0 atom stereocenters. The number of carbonyl (C=O) groups excluding carboxylic acids is 1. The third-order valence-electron chi connectivity index (χ3n) is 5.28. The molecule has 0 saturated carbocycles. The minimum atomic E-state index is -0.0952. The monoisotopic (exact) mass is 360 g/mol. The van der Waals surface area contributed by atoms with Gasteiger partial charge in [0, 0.05) is 29.8 Å². The van der Waals surface area contributed by atoms with E-state index < -0.39 is 0 Å². The van der Waals surface area contributed by atoms with Crippen LogP contribution in [0.4, 0.5) is 5.69 Å². The third-order valence-corrected chi connectivity index (χ3v) is 5.28. The molecule has 1 aromatic heterocycles. The van der Waals surface area contributed by atoms with E-state index in [1.165, 1.54) is 24.8 Å². The van der Waals surface area contributed by atoms with Crippen molar-refractivity contribution in [2.24, 2.45) is 0 Å². The summed E-state index contributed by atoms with van der Waals surface area (Å²) in [5, 5.41) is 11.7. The van der Waals surface area contributed by atoms with Gasteiger partial charge in [0.25, 0.3) is 5.91 Å². The highest BCUT2D eigenvalue weighted by Crippen LogP contribution is 2.24. The third kappa shape index (κ3) is 3.63. The van der Waals surface area contributed by atoms with Gasteiger partial charge in [-0.05, 0) is 74.2 Å². The summed E-state index contributed by atoms with van der Waals surface area (Å²) in [5.74, 6) is 1.90. The van der Waals surface area contributed by atoms with Crippen LogP contribution in [0.2, 0.25) is 0 Å². The number of aromatic nitrogens is 3. The molecule has 3 aromatic rings. The van der Waals surface area contributed by atoms with Crippen LogP contribution >= 0.6 is 0 Å². The Hall–Kier alpha value is -2.95. The second kappa shape index (κ2) is 7.35. The van der Waals surface area contributed by atoms with Crippen molar-refractivity contribution in [3.8, 4) is 11.4 Å². The molecule has 0 bridgehead atoms. The Labute approximate surface area is 159 Å². The van der Waals surface area contributed by atoms with E-state index in [9.17, 15) is 4.79 Å². The average Bonchev–Trinajstić information content (AvgIpc) is 2.92. The van der Waals surface area contributed by atoms with E-state index in [-0.39, 0.29) is 5.91 Å². The summed E-state index contributed by atoms with van der Waals surface area (Å²) < 4.78 is 2.23. The van der Waals surface area contributed by atoms with Gasteiger partial charge in [-0.3, -0.25) is 4.79 Å². The van der Waals surface area contributed by atoms with Gasteiger partial charge in [-0.15, -0.1) is 10.2 Å². The lowest BCUT2D eigenvalue weighted by Crippen LogP contribution is -2.12. The van der Waals surface area contributed by atoms with Crippen molar-refractivity contribution in [2.45, 2.75) is 46.1 Å². The maximum Gasteiger partial charge on any atom is 0.255 e. The van der Waals surface area contributed by atoms with E-state index in [1.54, 1.807) is 0 Å². The average molecular weight is 360 g/mol. The van der Waals surface area contributed by atoms with Crippen molar-refractivity contribution < 1.29 is 4.79 Å². The summed E-state index contributed by atoms with van der Waals surface area (Å²) in [6.45, 7) is 5.03. The molecule has 138 valence electrons. The molecule has 2 heterocycles. The van der Waals surface area contributed by atoms with Crippen LogP contribution in [0, 0.1) is 13.8 Å². The lowest BCUT2D eigenvalue weighted by Gasteiger charge is -2.09. The van der Waals surface area contributed by atoms with Gasteiger partial charge in [0.2, 0.25) is 0 Å². The second-order valence-electron chi connectivity index (χ2n) is 7.23. The molecule has 0 saturated heterocycles. The van der Waals surface area contributed by atoms with Crippen molar-refractivity contribution in [2.75, 3.05) is 5.32 Å². The molecule has 1 N–H and O–H groups in total. The Kier molecular flexibility index (Phi) is 4.75. The number of rotatable bonds is 3. The fourth-order valence-electron chi connectivity index (χ4n) is 3.49. The number of fused-ring (bicyclic) bond motifs is 1. The van der Waals surface area contributed by atoms with E-state index in [4.69, 9.17) is 0 Å². The van der Waals surface area contributed by atoms with Crippen LogP contribution in [0.15, 0.2) is 42.5 Å². The highest BCUT2D eigenvalue weighted by Gasteiger charge is 2.16. The smallest absolute Gasteiger partial charge is 0.255 e. The summed E-state index contributed by atoms with van der Waals surface area (Å²) in [7, 11) is 0. The highest BCUT2D eigenvalue weighted by atomic mass is 16.1. The first-order chi connectivity index (χ1) is 13.1. The van der Waals surface area contributed by atoms with E-state index >= 15 is 0 Å². The van der Waals surface area contributed by atoms with Crippen molar-refractivity contribution in [3.05, 3.63) is 65.0 Å². The molecule has 1 amide bonds. The number of nitrogens with one attached hydrogen (secondary N) is 1. The number of benzene rings is 2. The topological polar surface area (TPSA) is 59.8 Å². The van der Waals surface area contributed by atoms with Gasteiger partial charge in [0.05, 0.1) is 0 Å². The standard InChI is InChI=1S/C22H24N4O/c1-15-7-8-18(14-16(15)2)22(27)23-19-11-9-17(10-12-19)21-25-24-20-6-4-3-5-13-26(20)21/h7-12,14H,3-6,13H2,1-2H3,(H,23,27). The first-order valence-electron chi connectivity index (χ1n) is 9.53. The van der Waals surface area contributed by atoms with Crippen LogP contribution in [0.25, 0.3) is 11.4 Å². The Morgan fingerprint density at radius 3 is 2.56 bits per heavy atom. The van der Waals surface area contributed by atoms with E-state index in [2.05, 4.69) is 20.1 Å². The minimum Gasteiger partial charge on any atom is -0.322 e. The maximum atomic E-state index is 12.5. The first-order valence-corrected chi connectivity index (χ1v) is 9.53. The van der Waals surface area contributed by atoms with Crippen molar-refractivity contribution in [1.29, 1.82) is 0 Å². The van der Waals surface area contributed by atoms with Crippen LogP contribution in [0.1, 0.15) is 46.6 Å². The number of anilines is 1. The summed E-state index contributed by atoms with van der Waals surface area (Å²) in [6.07, 6.45) is 4.59. The first kappa shape index (κ1) is 17.5.